The molecule has 0 fully saturated rings. The number of para-hydroxylation sites is 1. The van der Waals surface area contributed by atoms with E-state index in [0.717, 1.165) is 22.6 Å². The molecule has 4 rings (SSSR count). The lowest BCUT2D eigenvalue weighted by molar-refractivity contribution is 0.0690. The highest BCUT2D eigenvalue weighted by Gasteiger charge is 2.34. The number of methoxy groups -OCH3 is 1. The van der Waals surface area contributed by atoms with E-state index in [0.29, 0.717) is 16.3 Å². The highest BCUT2D eigenvalue weighted by Crippen LogP contribution is 2.36. The predicted octanol–water partition coefficient (Wildman–Crippen LogP) is 5.34. The molecule has 1 amide bonds. The highest BCUT2D eigenvalue weighted by atomic mass is 35.5. The molecule has 1 aliphatic heterocycles. The number of ether oxygens (including phenoxy) is 1. The molecule has 0 radical (unpaired) electrons. The molecule has 0 bridgehead atoms. The van der Waals surface area contributed by atoms with Crippen molar-refractivity contribution in [1.82, 2.24) is 5.01 Å². The zero-order valence-electron chi connectivity index (χ0n) is 16.1. The number of nitrogens with one attached hydrogen (secondary N) is 1. The maximum atomic E-state index is 13.3. The molecule has 5 nitrogen and oxygen atoms in total. The van der Waals surface area contributed by atoms with Gasteiger partial charge < -0.3 is 10.1 Å². The van der Waals surface area contributed by atoms with Gasteiger partial charge in [-0.3, -0.25) is 4.79 Å². The molecule has 1 N–H and O–H groups in total. The van der Waals surface area contributed by atoms with Crippen LogP contribution in [0, 0.1) is 0 Å². The standard InChI is InChI=1S/C23H20ClN3O2/c1-15(16-11-13-17(29-2)14-12-16)26-27-22(18-7-3-5-9-20(18)24)25-21-10-6-4-8-19(21)23(27)28/h3-14,22,25H,1-2H3/b26-15+. The van der Waals surface area contributed by atoms with Crippen LogP contribution >= 0.6 is 11.6 Å². The first kappa shape index (κ1) is 19.0. The summed E-state index contributed by atoms with van der Waals surface area (Å²) in [6.45, 7) is 1.87. The normalized spacial score (nSPS) is 16.2. The van der Waals surface area contributed by atoms with Crippen molar-refractivity contribution >= 4 is 28.9 Å². The number of halogens is 1. The third-order valence-corrected chi connectivity index (χ3v) is 5.21. The molecule has 0 saturated heterocycles. The van der Waals surface area contributed by atoms with Gasteiger partial charge in [-0.25, -0.2) is 5.01 Å². The Morgan fingerprint density at radius 2 is 1.72 bits per heavy atom. The van der Waals surface area contributed by atoms with E-state index in [2.05, 4.69) is 10.4 Å². The number of hydrogen-bond donors (Lipinski definition) is 1. The van der Waals surface area contributed by atoms with E-state index in [-0.39, 0.29) is 5.91 Å². The molecule has 1 aliphatic rings. The lowest BCUT2D eigenvalue weighted by Crippen LogP contribution is -2.40. The maximum absolute atomic E-state index is 13.3. The smallest absolute Gasteiger partial charge is 0.278 e. The fourth-order valence-electron chi connectivity index (χ4n) is 3.31. The van der Waals surface area contributed by atoms with Crippen LogP contribution in [-0.4, -0.2) is 23.7 Å². The van der Waals surface area contributed by atoms with Crippen molar-refractivity contribution in [3.63, 3.8) is 0 Å². The van der Waals surface area contributed by atoms with Gasteiger partial charge in [-0.2, -0.15) is 5.10 Å². The van der Waals surface area contributed by atoms with Gasteiger partial charge in [0.2, 0.25) is 0 Å². The molecule has 6 heteroatoms. The first-order valence-corrected chi connectivity index (χ1v) is 9.59. The lowest BCUT2D eigenvalue weighted by atomic mass is 10.0. The zero-order chi connectivity index (χ0) is 20.4. The first-order chi connectivity index (χ1) is 14.1. The number of nitrogens with zero attached hydrogens (tertiary/aromatic N) is 2. The quantitative estimate of drug-likeness (QED) is 0.596. The van der Waals surface area contributed by atoms with E-state index in [4.69, 9.17) is 16.3 Å². The van der Waals surface area contributed by atoms with Crippen molar-refractivity contribution in [2.75, 3.05) is 12.4 Å². The first-order valence-electron chi connectivity index (χ1n) is 9.21. The lowest BCUT2D eigenvalue weighted by Gasteiger charge is -2.35. The van der Waals surface area contributed by atoms with Gasteiger partial charge in [-0.05, 0) is 55.0 Å². The summed E-state index contributed by atoms with van der Waals surface area (Å²) in [6, 6.07) is 22.4. The zero-order valence-corrected chi connectivity index (χ0v) is 16.9. The van der Waals surface area contributed by atoms with Crippen LogP contribution in [0.1, 0.15) is 34.6 Å². The van der Waals surface area contributed by atoms with E-state index in [1.54, 1.807) is 13.2 Å². The van der Waals surface area contributed by atoms with Crippen LogP contribution < -0.4 is 10.1 Å². The molecule has 0 spiro atoms. The topological polar surface area (TPSA) is 53.9 Å². The van der Waals surface area contributed by atoms with Gasteiger partial charge in [0.25, 0.3) is 5.91 Å². The van der Waals surface area contributed by atoms with Crippen molar-refractivity contribution in [1.29, 1.82) is 0 Å². The van der Waals surface area contributed by atoms with E-state index in [9.17, 15) is 4.79 Å². The second-order valence-electron chi connectivity index (χ2n) is 6.68. The van der Waals surface area contributed by atoms with Gasteiger partial charge in [-0.15, -0.1) is 0 Å². The number of hydrogen-bond acceptors (Lipinski definition) is 4. The van der Waals surface area contributed by atoms with Crippen LogP contribution in [0.15, 0.2) is 77.9 Å². The second-order valence-corrected chi connectivity index (χ2v) is 7.08. The third kappa shape index (κ3) is 3.69. The average Bonchev–Trinajstić information content (AvgIpc) is 2.76. The van der Waals surface area contributed by atoms with Crippen LogP contribution in [0.5, 0.6) is 5.75 Å². The van der Waals surface area contributed by atoms with Crippen molar-refractivity contribution in [3.05, 3.63) is 94.5 Å². The van der Waals surface area contributed by atoms with E-state index < -0.39 is 6.17 Å². The van der Waals surface area contributed by atoms with Gasteiger partial charge in [0.1, 0.15) is 5.75 Å². The van der Waals surface area contributed by atoms with Crippen LogP contribution in [0.25, 0.3) is 0 Å². The van der Waals surface area contributed by atoms with Crippen LogP contribution in [0.3, 0.4) is 0 Å². The van der Waals surface area contributed by atoms with Gasteiger partial charge in [0, 0.05) is 16.3 Å². The molecule has 3 aromatic rings. The molecular weight excluding hydrogens is 386 g/mol. The molecule has 0 aromatic heterocycles. The Morgan fingerprint density at radius 3 is 2.45 bits per heavy atom. The largest absolute Gasteiger partial charge is 0.497 e. The number of fused-ring (bicyclic) bond motifs is 1. The number of carbonyl (C=O) groups is 1. The Morgan fingerprint density at radius 1 is 1.03 bits per heavy atom. The number of rotatable bonds is 4. The molecule has 3 aromatic carbocycles. The summed E-state index contributed by atoms with van der Waals surface area (Å²) in [4.78, 5) is 13.3. The summed E-state index contributed by atoms with van der Waals surface area (Å²) >= 11 is 6.44. The summed E-state index contributed by atoms with van der Waals surface area (Å²) in [5.41, 5.74) is 3.72. The summed E-state index contributed by atoms with van der Waals surface area (Å²) in [6.07, 6.45) is -0.515. The Hall–Kier alpha value is -3.31. The second kappa shape index (κ2) is 7.97. The van der Waals surface area contributed by atoms with E-state index >= 15 is 0 Å². The predicted molar refractivity (Wildman–Crippen MR) is 116 cm³/mol. The fourth-order valence-corrected chi connectivity index (χ4v) is 3.54. The molecule has 0 aliphatic carbocycles. The minimum atomic E-state index is -0.515. The van der Waals surface area contributed by atoms with Crippen molar-refractivity contribution in [2.24, 2.45) is 5.10 Å². The highest BCUT2D eigenvalue weighted by molar-refractivity contribution is 6.31. The molecular formula is C23H20ClN3O2. The van der Waals surface area contributed by atoms with Crippen LogP contribution in [-0.2, 0) is 0 Å². The number of anilines is 1. The average molecular weight is 406 g/mol. The molecule has 1 unspecified atom stereocenters. The SMILES string of the molecule is COc1ccc(/C(C)=N/N2C(=O)c3ccccc3NC2c2ccccc2Cl)cc1. The number of amides is 1. The molecule has 1 heterocycles. The Kier molecular flexibility index (Phi) is 5.23. The Bertz CT molecular complexity index is 1080. The third-order valence-electron chi connectivity index (χ3n) is 4.87. The summed E-state index contributed by atoms with van der Waals surface area (Å²) in [5, 5.41) is 10.1. The van der Waals surface area contributed by atoms with Crippen molar-refractivity contribution in [2.45, 2.75) is 13.1 Å². The van der Waals surface area contributed by atoms with Crippen molar-refractivity contribution in [3.8, 4) is 5.75 Å². The number of carbonyl (C=O) groups excluding carboxylic acids is 1. The Balaban J connectivity index is 1.78. The molecule has 0 saturated carbocycles. The molecule has 29 heavy (non-hydrogen) atoms. The Labute approximate surface area is 174 Å². The van der Waals surface area contributed by atoms with Gasteiger partial charge in [0.15, 0.2) is 6.17 Å². The summed E-state index contributed by atoms with van der Waals surface area (Å²) in [7, 11) is 1.62. The molecule has 1 atom stereocenters. The molecule has 146 valence electrons. The number of benzene rings is 3. The summed E-state index contributed by atoms with van der Waals surface area (Å²) in [5.74, 6) is 0.581. The van der Waals surface area contributed by atoms with Crippen LogP contribution in [0.4, 0.5) is 5.69 Å². The monoisotopic (exact) mass is 405 g/mol. The minimum Gasteiger partial charge on any atom is -0.497 e. The van der Waals surface area contributed by atoms with E-state index in [1.807, 2.05) is 73.7 Å². The van der Waals surface area contributed by atoms with E-state index in [1.165, 1.54) is 5.01 Å². The maximum Gasteiger partial charge on any atom is 0.278 e. The van der Waals surface area contributed by atoms with Gasteiger partial charge in [0.05, 0.1) is 18.4 Å². The number of hydrazone groups is 1. The van der Waals surface area contributed by atoms with Crippen molar-refractivity contribution < 1.29 is 9.53 Å². The summed E-state index contributed by atoms with van der Waals surface area (Å²) < 4.78 is 5.21. The van der Waals surface area contributed by atoms with Crippen LogP contribution in [0.2, 0.25) is 5.02 Å². The fraction of sp³-hybridized carbons (Fsp3) is 0.130. The minimum absolute atomic E-state index is 0.183. The van der Waals surface area contributed by atoms with Gasteiger partial charge >= 0.3 is 0 Å². The van der Waals surface area contributed by atoms with Gasteiger partial charge in [-0.1, -0.05) is 41.9 Å².